The zero-order valence-electron chi connectivity index (χ0n) is 18.0. The van der Waals surface area contributed by atoms with E-state index in [-0.39, 0.29) is 23.7 Å². The lowest BCUT2D eigenvalue weighted by atomic mass is 9.79. The first-order chi connectivity index (χ1) is 14.8. The number of carbonyl (C=O) groups excluding carboxylic acids is 2. The van der Waals surface area contributed by atoms with Gasteiger partial charge < -0.3 is 24.1 Å². The molecule has 1 aromatic carbocycles. The maximum atomic E-state index is 13.0. The molecule has 2 aliphatic carbocycles. The second-order valence-electron chi connectivity index (χ2n) is 8.60. The molecule has 1 heterocycles. The summed E-state index contributed by atoms with van der Waals surface area (Å²) < 4.78 is 22.2. The lowest BCUT2D eigenvalue weighted by Gasteiger charge is -2.29. The van der Waals surface area contributed by atoms with E-state index < -0.39 is 30.2 Å². The number of hydrogen-bond donors (Lipinski definition) is 1. The van der Waals surface area contributed by atoms with Crippen LogP contribution in [-0.4, -0.2) is 49.6 Å². The number of esters is 2. The van der Waals surface area contributed by atoms with Crippen LogP contribution in [0, 0.1) is 23.7 Å². The number of benzene rings is 1. The molecule has 7 atom stereocenters. The summed E-state index contributed by atoms with van der Waals surface area (Å²) in [6.45, 7) is 10.1. The van der Waals surface area contributed by atoms with Gasteiger partial charge >= 0.3 is 11.9 Å². The number of carbonyl (C=O) groups is 2. The molecule has 31 heavy (non-hydrogen) atoms. The molecule has 1 aliphatic heterocycles. The molecule has 7 heteroatoms. The molecule has 4 rings (SSSR count). The van der Waals surface area contributed by atoms with Gasteiger partial charge in [-0.3, -0.25) is 4.79 Å². The van der Waals surface area contributed by atoms with Gasteiger partial charge in [0.05, 0.1) is 31.8 Å². The second-order valence-corrected chi connectivity index (χ2v) is 8.60. The van der Waals surface area contributed by atoms with E-state index in [0.29, 0.717) is 35.5 Å². The molecule has 2 saturated carbocycles. The van der Waals surface area contributed by atoms with Crippen LogP contribution >= 0.6 is 0 Å². The fourth-order valence-corrected chi connectivity index (χ4v) is 5.32. The van der Waals surface area contributed by atoms with Crippen LogP contribution in [0.1, 0.15) is 30.1 Å². The van der Waals surface area contributed by atoms with Gasteiger partial charge in [-0.25, -0.2) is 4.79 Å². The third-order valence-corrected chi connectivity index (χ3v) is 7.00. The summed E-state index contributed by atoms with van der Waals surface area (Å²) in [6, 6.07) is 4.82. The Hall–Kier alpha value is -2.80. The van der Waals surface area contributed by atoms with Crippen LogP contribution in [0.5, 0.6) is 11.5 Å². The van der Waals surface area contributed by atoms with Crippen LogP contribution in [0.2, 0.25) is 0 Å². The van der Waals surface area contributed by atoms with Gasteiger partial charge in [-0.2, -0.15) is 0 Å². The number of methoxy groups -OCH3 is 2. The van der Waals surface area contributed by atoms with Crippen LogP contribution in [0.15, 0.2) is 42.5 Å². The van der Waals surface area contributed by atoms with Gasteiger partial charge in [0, 0.05) is 18.3 Å². The smallest absolute Gasteiger partial charge is 0.338 e. The highest BCUT2D eigenvalue weighted by atomic mass is 16.6. The third kappa shape index (κ3) is 3.51. The first-order valence-corrected chi connectivity index (χ1v) is 10.4. The lowest BCUT2D eigenvalue weighted by molar-refractivity contribution is -0.145. The highest BCUT2D eigenvalue weighted by Crippen LogP contribution is 2.53. The Morgan fingerprint density at radius 3 is 2.58 bits per heavy atom. The average molecular weight is 428 g/mol. The van der Waals surface area contributed by atoms with Crippen molar-refractivity contribution in [2.75, 3.05) is 14.2 Å². The molecule has 0 unspecified atom stereocenters. The normalized spacial score (nSPS) is 34.5. The van der Waals surface area contributed by atoms with Crippen molar-refractivity contribution in [3.05, 3.63) is 48.1 Å². The molecule has 1 aromatic rings. The molecule has 0 amide bonds. The SMILES string of the molecule is C=C1[C@@H]2[C@H]3OC(=O)[C@@H](C)[C@@H]3[C@@H](OC(=O)c3ccc(OC)c(OC)c3)CC(=C)[C@@H]2C[C@@H]1O. The van der Waals surface area contributed by atoms with Gasteiger partial charge in [0.1, 0.15) is 12.2 Å². The van der Waals surface area contributed by atoms with Crippen molar-refractivity contribution in [2.24, 2.45) is 23.7 Å². The second kappa shape index (κ2) is 8.04. The molecule has 0 radical (unpaired) electrons. The largest absolute Gasteiger partial charge is 0.493 e. The lowest BCUT2D eigenvalue weighted by Crippen LogP contribution is -2.38. The van der Waals surface area contributed by atoms with Gasteiger partial charge in [0.25, 0.3) is 0 Å². The Morgan fingerprint density at radius 2 is 1.90 bits per heavy atom. The van der Waals surface area contributed by atoms with E-state index in [1.54, 1.807) is 25.1 Å². The molecule has 1 saturated heterocycles. The van der Waals surface area contributed by atoms with E-state index in [4.69, 9.17) is 18.9 Å². The first kappa shape index (κ1) is 21.4. The van der Waals surface area contributed by atoms with Crippen LogP contribution in [-0.2, 0) is 14.3 Å². The van der Waals surface area contributed by atoms with Crippen molar-refractivity contribution >= 4 is 11.9 Å². The summed E-state index contributed by atoms with van der Waals surface area (Å²) in [5, 5.41) is 10.4. The van der Waals surface area contributed by atoms with Crippen LogP contribution in [0.4, 0.5) is 0 Å². The quantitative estimate of drug-likeness (QED) is 0.582. The Labute approximate surface area is 181 Å². The number of ether oxygens (including phenoxy) is 4. The van der Waals surface area contributed by atoms with E-state index >= 15 is 0 Å². The molecule has 0 aromatic heterocycles. The Morgan fingerprint density at radius 1 is 1.19 bits per heavy atom. The van der Waals surface area contributed by atoms with Crippen LogP contribution in [0.25, 0.3) is 0 Å². The minimum absolute atomic E-state index is 0.0575. The first-order valence-electron chi connectivity index (χ1n) is 10.4. The number of aliphatic hydroxyl groups is 1. The van der Waals surface area contributed by atoms with E-state index in [9.17, 15) is 14.7 Å². The molecule has 3 fully saturated rings. The van der Waals surface area contributed by atoms with Crippen LogP contribution in [0.3, 0.4) is 0 Å². The fourth-order valence-electron chi connectivity index (χ4n) is 5.32. The number of aliphatic hydroxyl groups excluding tert-OH is 1. The number of rotatable bonds is 4. The van der Waals surface area contributed by atoms with Crippen LogP contribution < -0.4 is 9.47 Å². The predicted molar refractivity (Wildman–Crippen MR) is 112 cm³/mol. The molecule has 1 N–H and O–H groups in total. The Balaban J connectivity index is 1.64. The zero-order valence-corrected chi connectivity index (χ0v) is 18.0. The Bertz CT molecular complexity index is 936. The summed E-state index contributed by atoms with van der Waals surface area (Å²) >= 11 is 0. The maximum Gasteiger partial charge on any atom is 0.338 e. The van der Waals surface area contributed by atoms with Crippen molar-refractivity contribution in [2.45, 2.75) is 38.1 Å². The van der Waals surface area contributed by atoms with Crippen molar-refractivity contribution in [1.82, 2.24) is 0 Å². The monoisotopic (exact) mass is 428 g/mol. The molecular formula is C24H28O7. The minimum Gasteiger partial charge on any atom is -0.493 e. The van der Waals surface area contributed by atoms with Crippen molar-refractivity contribution < 1.29 is 33.6 Å². The maximum absolute atomic E-state index is 13.0. The fraction of sp³-hybridized carbons (Fsp3) is 0.500. The summed E-state index contributed by atoms with van der Waals surface area (Å²) in [7, 11) is 3.02. The standard InChI is InChI=1S/C24H28O7/c1-11-8-19(30-24(27)14-6-7-17(28-4)18(9-14)29-5)21-13(3)23(26)31-22(21)20-12(2)16(25)10-15(11)20/h6-7,9,13,15-16,19-22,25H,1-2,8,10H2,3-5H3/t13-,15-,16-,19-,20-,21+,22+/m0/s1. The molecular weight excluding hydrogens is 400 g/mol. The van der Waals surface area contributed by atoms with E-state index in [2.05, 4.69) is 13.2 Å². The van der Waals surface area contributed by atoms with E-state index in [1.165, 1.54) is 14.2 Å². The third-order valence-electron chi connectivity index (χ3n) is 7.00. The van der Waals surface area contributed by atoms with Gasteiger partial charge in [-0.1, -0.05) is 25.7 Å². The molecule has 0 spiro atoms. The summed E-state index contributed by atoms with van der Waals surface area (Å²) in [4.78, 5) is 25.5. The van der Waals surface area contributed by atoms with Gasteiger partial charge in [0.15, 0.2) is 11.5 Å². The predicted octanol–water partition coefficient (Wildman–Crippen LogP) is 2.92. The zero-order chi connectivity index (χ0) is 22.4. The minimum atomic E-state index is -0.645. The van der Waals surface area contributed by atoms with Crippen molar-refractivity contribution in [3.63, 3.8) is 0 Å². The summed E-state index contributed by atoms with van der Waals surface area (Å²) in [5.74, 6) is -0.958. The average Bonchev–Trinajstić information content (AvgIpc) is 3.18. The molecule has 0 bridgehead atoms. The number of fused-ring (bicyclic) bond motifs is 3. The van der Waals surface area contributed by atoms with Gasteiger partial charge in [-0.05, 0) is 36.1 Å². The summed E-state index contributed by atoms with van der Waals surface area (Å²) in [5.41, 5.74) is 1.86. The summed E-state index contributed by atoms with van der Waals surface area (Å²) in [6.07, 6.45) is -0.821. The van der Waals surface area contributed by atoms with Gasteiger partial charge in [-0.15, -0.1) is 0 Å². The van der Waals surface area contributed by atoms with Gasteiger partial charge in [0.2, 0.25) is 0 Å². The highest BCUT2D eigenvalue weighted by Gasteiger charge is 2.57. The molecule has 166 valence electrons. The molecule has 3 aliphatic rings. The van der Waals surface area contributed by atoms with Crippen molar-refractivity contribution in [3.8, 4) is 11.5 Å². The highest BCUT2D eigenvalue weighted by molar-refractivity contribution is 5.90. The Kier molecular flexibility index (Phi) is 5.56. The molecule has 7 nitrogen and oxygen atoms in total. The van der Waals surface area contributed by atoms with E-state index in [1.807, 2.05) is 0 Å². The van der Waals surface area contributed by atoms with Crippen molar-refractivity contribution in [1.29, 1.82) is 0 Å². The van der Waals surface area contributed by atoms with E-state index in [0.717, 1.165) is 5.57 Å². The number of hydrogen-bond acceptors (Lipinski definition) is 7. The topological polar surface area (TPSA) is 91.3 Å².